The van der Waals surface area contributed by atoms with Crippen LogP contribution in [0.5, 0.6) is 0 Å². The van der Waals surface area contributed by atoms with Crippen LogP contribution in [-0.4, -0.2) is 25.6 Å². The molecule has 0 saturated carbocycles. The van der Waals surface area contributed by atoms with Gasteiger partial charge in [0.1, 0.15) is 22.7 Å². The van der Waals surface area contributed by atoms with Crippen LogP contribution < -0.4 is 15.5 Å². The first-order valence-corrected chi connectivity index (χ1v) is 22.9. The molecule has 64 heavy (non-hydrogen) atoms. The molecule has 8 aromatic rings. The van der Waals surface area contributed by atoms with Gasteiger partial charge < -0.3 is 18.3 Å². The van der Waals surface area contributed by atoms with Crippen LogP contribution in [0.25, 0.3) is 79.7 Å². The highest BCUT2D eigenvalue weighted by Crippen LogP contribution is 2.53. The number of aromatic nitrogens is 4. The molecule has 4 aromatic carbocycles. The van der Waals surface area contributed by atoms with Crippen molar-refractivity contribution in [2.24, 2.45) is 0 Å². The van der Waals surface area contributed by atoms with Gasteiger partial charge in [-0.2, -0.15) is 0 Å². The van der Waals surface area contributed by atoms with E-state index in [0.29, 0.717) is 17.5 Å². The zero-order valence-electron chi connectivity index (χ0n) is 35.3. The minimum atomic E-state index is 0.00485. The average molecular weight is 830 g/mol. The lowest BCUT2D eigenvalue weighted by Crippen LogP contribution is -2.32. The Morgan fingerprint density at radius 2 is 1.30 bits per heavy atom. The fourth-order valence-corrected chi connectivity index (χ4v) is 11.4. The number of rotatable bonds is 5. The highest BCUT2D eigenvalue weighted by molar-refractivity contribution is 5.93. The fourth-order valence-electron chi connectivity index (χ4n) is 11.4. The van der Waals surface area contributed by atoms with Gasteiger partial charge in [0.15, 0.2) is 17.5 Å². The number of allylic oxidation sites excluding steroid dienone is 8. The van der Waals surface area contributed by atoms with Crippen molar-refractivity contribution >= 4 is 62.7 Å². The molecule has 0 saturated heterocycles. The summed E-state index contributed by atoms with van der Waals surface area (Å²) in [6, 6.07) is 32.7. The Morgan fingerprint density at radius 1 is 0.594 bits per heavy atom. The molecule has 0 fully saturated rings. The quantitative estimate of drug-likeness (QED) is 0.172. The molecule has 0 spiro atoms. The Morgan fingerprint density at radius 3 is 2.09 bits per heavy atom. The second-order valence-corrected chi connectivity index (χ2v) is 17.8. The molecule has 5 heterocycles. The molecule has 2 unspecified atom stereocenters. The van der Waals surface area contributed by atoms with Crippen molar-refractivity contribution in [2.45, 2.75) is 63.3 Å². The molecule has 14 rings (SSSR count). The van der Waals surface area contributed by atoms with E-state index in [1.54, 1.807) is 0 Å². The molecule has 0 N–H and O–H groups in total. The average Bonchev–Trinajstić information content (AvgIpc) is 4.12. The normalized spacial score (nSPS) is 19.0. The van der Waals surface area contributed by atoms with Crippen molar-refractivity contribution in [3.8, 4) is 28.4 Å². The summed E-state index contributed by atoms with van der Waals surface area (Å²) in [4.78, 5) is 18.6. The van der Waals surface area contributed by atoms with E-state index in [9.17, 15) is 0 Å². The zero-order chi connectivity index (χ0) is 41.9. The minimum absolute atomic E-state index is 0.00485. The largest absolute Gasteiger partial charge is 0.460 e. The second-order valence-electron chi connectivity index (χ2n) is 17.8. The molecule has 1 aliphatic heterocycles. The molecule has 5 aliphatic carbocycles. The van der Waals surface area contributed by atoms with E-state index < -0.39 is 0 Å². The number of hydrogen-bond acceptors (Lipinski definition) is 6. The molecule has 2 atom stereocenters. The van der Waals surface area contributed by atoms with Gasteiger partial charge >= 0.3 is 0 Å². The van der Waals surface area contributed by atoms with Gasteiger partial charge in [0.25, 0.3) is 0 Å². The monoisotopic (exact) mass is 829 g/mol. The summed E-state index contributed by atoms with van der Waals surface area (Å²) in [5.41, 5.74) is 14.5. The molecule has 7 nitrogen and oxygen atoms in total. The predicted molar refractivity (Wildman–Crippen MR) is 257 cm³/mol. The number of anilines is 2. The van der Waals surface area contributed by atoms with E-state index in [1.165, 1.54) is 49.6 Å². The number of hydrogen-bond donors (Lipinski definition) is 0. The molecule has 308 valence electrons. The van der Waals surface area contributed by atoms with Gasteiger partial charge in [0, 0.05) is 71.8 Å². The lowest BCUT2D eigenvalue weighted by Gasteiger charge is -2.30. The SMILES string of the molecule is C1=CC(c2nc(C3=CCCC=C3)nc(-c3cc(N4c5ccccc5C5c6oc7ccccc7c6C=CC54)ccc3-n3c4c(c5c3=CCCC=5)-c3oc5ccccc5c3CC4)n2)=CCC1. The third-order valence-electron chi connectivity index (χ3n) is 14.2. The van der Waals surface area contributed by atoms with Crippen LogP contribution in [0, 0.1) is 0 Å². The van der Waals surface area contributed by atoms with Gasteiger partial charge in [-0.3, -0.25) is 0 Å². The van der Waals surface area contributed by atoms with E-state index in [4.69, 9.17) is 23.8 Å². The number of benzene rings is 4. The summed E-state index contributed by atoms with van der Waals surface area (Å²) in [6.07, 6.45) is 30.5. The maximum absolute atomic E-state index is 6.80. The van der Waals surface area contributed by atoms with Gasteiger partial charge in [-0.25, -0.2) is 15.0 Å². The Hall–Kier alpha value is -7.51. The lowest BCUT2D eigenvalue weighted by molar-refractivity contribution is 0.505. The van der Waals surface area contributed by atoms with E-state index >= 15 is 0 Å². The van der Waals surface area contributed by atoms with Crippen LogP contribution in [-0.2, 0) is 12.8 Å². The Bertz CT molecular complexity index is 3550. The van der Waals surface area contributed by atoms with Gasteiger partial charge in [0.05, 0.1) is 17.6 Å². The van der Waals surface area contributed by atoms with Gasteiger partial charge in [0.2, 0.25) is 0 Å². The van der Waals surface area contributed by atoms with Crippen LogP contribution in [0.15, 0.2) is 142 Å². The van der Waals surface area contributed by atoms with E-state index in [2.05, 4.69) is 161 Å². The van der Waals surface area contributed by atoms with Gasteiger partial charge in [-0.05, 0) is 93.3 Å². The lowest BCUT2D eigenvalue weighted by atomic mass is 9.85. The summed E-state index contributed by atoms with van der Waals surface area (Å²) < 4.78 is 16.1. The minimum Gasteiger partial charge on any atom is -0.460 e. The highest BCUT2D eigenvalue weighted by atomic mass is 16.3. The summed E-state index contributed by atoms with van der Waals surface area (Å²) in [7, 11) is 0. The first-order valence-electron chi connectivity index (χ1n) is 22.9. The molecular weight excluding hydrogens is 787 g/mol. The van der Waals surface area contributed by atoms with Crippen molar-refractivity contribution in [2.75, 3.05) is 4.90 Å². The molecule has 6 aliphatic rings. The summed E-state index contributed by atoms with van der Waals surface area (Å²) >= 11 is 0. The number of para-hydroxylation sites is 3. The number of furan rings is 2. The van der Waals surface area contributed by atoms with Crippen molar-refractivity contribution < 1.29 is 8.83 Å². The predicted octanol–water partition coefficient (Wildman–Crippen LogP) is 12.1. The van der Waals surface area contributed by atoms with Gasteiger partial charge in [-0.1, -0.05) is 115 Å². The van der Waals surface area contributed by atoms with E-state index in [1.807, 2.05) is 0 Å². The maximum atomic E-state index is 6.80. The van der Waals surface area contributed by atoms with E-state index in [-0.39, 0.29) is 12.0 Å². The molecular formula is C57H43N5O2. The van der Waals surface area contributed by atoms with Gasteiger partial charge in [-0.15, -0.1) is 0 Å². The fraction of sp³-hybridized carbons (Fsp3) is 0.175. The summed E-state index contributed by atoms with van der Waals surface area (Å²) in [6.45, 7) is 0. The molecule has 0 radical (unpaired) electrons. The summed E-state index contributed by atoms with van der Waals surface area (Å²) in [5, 5.41) is 4.84. The number of fused-ring (bicyclic) bond motifs is 14. The standard InChI is InChI=1S/C57H43N5O2/c1-3-15-34(16-4-1)55-58-56(35-17-5-2-6-18-35)60-57(59-55)43-33-36(61-44-23-11-7-21-41(44)51-47(61)31-28-39-37-19-9-13-25-49(37)63-53(39)51)27-30-46(43)62-45-24-12-8-22-42(45)52-48(62)32-29-40-38-20-10-14-26-50(38)64-54(40)52/h3,5,7,9-11,13-28,30-31,33,47,51H,1-2,4,6,8,12,29,32H2. The topological polar surface area (TPSA) is 73.1 Å². The first-order chi connectivity index (χ1) is 31.7. The smallest absolute Gasteiger partial charge is 0.166 e. The van der Waals surface area contributed by atoms with Crippen LogP contribution in [0.4, 0.5) is 11.4 Å². The second kappa shape index (κ2) is 14.0. The van der Waals surface area contributed by atoms with E-state index in [0.717, 1.165) is 108 Å². The summed E-state index contributed by atoms with van der Waals surface area (Å²) in [5.74, 6) is 4.13. The van der Waals surface area contributed by atoms with Crippen LogP contribution in [0.2, 0.25) is 0 Å². The molecule has 0 amide bonds. The van der Waals surface area contributed by atoms with Crippen molar-refractivity contribution in [1.29, 1.82) is 0 Å². The Labute approximate surface area is 370 Å². The maximum Gasteiger partial charge on any atom is 0.166 e. The van der Waals surface area contributed by atoms with Crippen LogP contribution in [0.1, 0.15) is 84.2 Å². The van der Waals surface area contributed by atoms with Crippen LogP contribution in [0.3, 0.4) is 0 Å². The first kappa shape index (κ1) is 36.0. The third-order valence-corrected chi connectivity index (χ3v) is 14.2. The third kappa shape index (κ3) is 5.30. The van der Waals surface area contributed by atoms with Crippen molar-refractivity contribution in [3.63, 3.8) is 0 Å². The highest BCUT2D eigenvalue weighted by Gasteiger charge is 2.44. The molecule has 7 heteroatoms. The Kier molecular flexibility index (Phi) is 7.88. The number of aryl methyl sites for hydroxylation is 1. The number of nitrogens with zero attached hydrogens (tertiary/aromatic N) is 5. The zero-order valence-corrected chi connectivity index (χ0v) is 35.3. The molecule has 0 bridgehead atoms. The van der Waals surface area contributed by atoms with Crippen molar-refractivity contribution in [1.82, 2.24) is 19.5 Å². The van der Waals surface area contributed by atoms with Crippen LogP contribution >= 0.6 is 0 Å². The van der Waals surface area contributed by atoms with Crippen molar-refractivity contribution in [3.05, 3.63) is 184 Å². The molecule has 4 aromatic heterocycles. The Balaban J connectivity index is 1.02.